The number of nitrogens with one attached hydrogen (secondary N) is 3. The normalized spacial score (nSPS) is 19.2. The molecule has 1 aliphatic carbocycles. The number of aromatic hydroxyl groups is 1. The summed E-state index contributed by atoms with van der Waals surface area (Å²) < 4.78 is 0. The van der Waals surface area contributed by atoms with E-state index in [-0.39, 0.29) is 29.1 Å². The Kier molecular flexibility index (Phi) is 12.2. The van der Waals surface area contributed by atoms with Gasteiger partial charge >= 0.3 is 6.09 Å². The molecule has 6 rings (SSSR count). The molecule has 6 N–H and O–H groups in total. The van der Waals surface area contributed by atoms with Gasteiger partial charge in [-0.1, -0.05) is 54.6 Å². The first-order chi connectivity index (χ1) is 24.8. The van der Waals surface area contributed by atoms with Crippen LogP contribution in [0.4, 0.5) is 10.5 Å². The molecule has 51 heavy (non-hydrogen) atoms. The maximum atomic E-state index is 13.0. The number of aliphatic hydroxyl groups excluding tert-OH is 1. The fourth-order valence-corrected chi connectivity index (χ4v) is 7.77. The number of fused-ring (bicyclic) bond motifs is 1. The van der Waals surface area contributed by atoms with Crippen LogP contribution in [0.1, 0.15) is 50.2 Å². The van der Waals surface area contributed by atoms with E-state index in [4.69, 9.17) is 0 Å². The number of amides is 1. The van der Waals surface area contributed by atoms with Crippen molar-refractivity contribution in [2.75, 3.05) is 50.7 Å². The number of H-pyrrole nitrogens is 1. The van der Waals surface area contributed by atoms with Crippen LogP contribution in [0.2, 0.25) is 0 Å². The Morgan fingerprint density at radius 1 is 0.882 bits per heavy atom. The number of para-hydroxylation sites is 1. The number of pyridine rings is 1. The predicted octanol–water partition coefficient (Wildman–Crippen LogP) is 5.14. The third-order valence-electron chi connectivity index (χ3n) is 10.6. The molecule has 0 bridgehead atoms. The number of phenolic OH excluding ortho intramolecular Hbond substituents is 1. The van der Waals surface area contributed by atoms with Gasteiger partial charge in [0.05, 0.1) is 23.9 Å². The van der Waals surface area contributed by atoms with E-state index in [9.17, 15) is 29.7 Å². The molecule has 11 nitrogen and oxygen atoms in total. The predicted molar refractivity (Wildman–Crippen MR) is 199 cm³/mol. The van der Waals surface area contributed by atoms with Gasteiger partial charge in [0.1, 0.15) is 11.5 Å². The first-order valence-corrected chi connectivity index (χ1v) is 18.1. The number of phenols is 1. The summed E-state index contributed by atoms with van der Waals surface area (Å²) in [4.78, 5) is 43.7. The van der Waals surface area contributed by atoms with Gasteiger partial charge in [0.15, 0.2) is 0 Å². The van der Waals surface area contributed by atoms with Crippen molar-refractivity contribution < 1.29 is 24.9 Å². The number of hydrogen-bond donors (Lipinski definition) is 6. The molecule has 1 aliphatic heterocycles. The fraction of sp³-hybridized carbons (Fsp3) is 0.425. The summed E-state index contributed by atoms with van der Waals surface area (Å²) in [5.74, 6) is 0.745. The second kappa shape index (κ2) is 17.1. The molecular formula is C40H49N5O6. The van der Waals surface area contributed by atoms with Crippen molar-refractivity contribution in [1.82, 2.24) is 20.5 Å². The Labute approximate surface area is 298 Å². The van der Waals surface area contributed by atoms with E-state index in [2.05, 4.69) is 20.5 Å². The monoisotopic (exact) mass is 695 g/mol. The number of benzene rings is 3. The molecule has 2 heterocycles. The van der Waals surface area contributed by atoms with Gasteiger partial charge in [-0.25, -0.2) is 4.79 Å². The second-order valence-electron chi connectivity index (χ2n) is 13.9. The molecule has 11 heteroatoms. The molecule has 1 atom stereocenters. The molecule has 3 aromatic carbocycles. The summed E-state index contributed by atoms with van der Waals surface area (Å²) in [5, 5.41) is 38.5. The zero-order valence-corrected chi connectivity index (χ0v) is 29.0. The third-order valence-corrected chi connectivity index (χ3v) is 10.6. The van der Waals surface area contributed by atoms with Gasteiger partial charge in [-0.15, -0.1) is 0 Å². The molecular weight excluding hydrogens is 646 g/mol. The average Bonchev–Trinajstić information content (AvgIpc) is 3.15. The fourth-order valence-electron chi connectivity index (χ4n) is 7.77. The Hall–Kier alpha value is -4.55. The zero-order chi connectivity index (χ0) is 35.7. The van der Waals surface area contributed by atoms with Crippen LogP contribution in [0.25, 0.3) is 22.0 Å². The highest BCUT2D eigenvalue weighted by Crippen LogP contribution is 2.34. The van der Waals surface area contributed by atoms with E-state index >= 15 is 0 Å². The summed E-state index contributed by atoms with van der Waals surface area (Å²) in [7, 11) is 0. The Bertz CT molecular complexity index is 1830. The van der Waals surface area contributed by atoms with E-state index in [0.29, 0.717) is 42.0 Å². The topological polar surface area (TPSA) is 158 Å². The van der Waals surface area contributed by atoms with Crippen LogP contribution in [0.5, 0.6) is 5.75 Å². The third kappa shape index (κ3) is 9.04. The lowest BCUT2D eigenvalue weighted by Crippen LogP contribution is -2.48. The van der Waals surface area contributed by atoms with E-state index in [1.807, 2.05) is 54.6 Å². The number of carbonyl (C=O) groups is 2. The number of aromatic nitrogens is 1. The smallest absolute Gasteiger partial charge is 0.412 e. The Morgan fingerprint density at radius 2 is 1.61 bits per heavy atom. The highest BCUT2D eigenvalue weighted by Gasteiger charge is 2.31. The van der Waals surface area contributed by atoms with Crippen molar-refractivity contribution in [1.29, 1.82) is 0 Å². The summed E-state index contributed by atoms with van der Waals surface area (Å²) in [6.07, 6.45) is 3.43. The number of hydrogen-bond acceptors (Lipinski definition) is 8. The van der Waals surface area contributed by atoms with Crippen LogP contribution in [0.15, 0.2) is 83.7 Å². The van der Waals surface area contributed by atoms with Crippen LogP contribution in [-0.4, -0.2) is 88.9 Å². The van der Waals surface area contributed by atoms with Gasteiger partial charge in [0.2, 0.25) is 5.56 Å². The van der Waals surface area contributed by atoms with E-state index in [0.717, 1.165) is 81.5 Å². The Morgan fingerprint density at radius 3 is 2.35 bits per heavy atom. The van der Waals surface area contributed by atoms with Crippen molar-refractivity contribution in [2.24, 2.45) is 11.8 Å². The van der Waals surface area contributed by atoms with Crippen LogP contribution in [-0.2, 0) is 4.79 Å². The van der Waals surface area contributed by atoms with Gasteiger partial charge in [0.25, 0.3) is 0 Å². The maximum absolute atomic E-state index is 13.0. The first kappa shape index (κ1) is 36.2. The molecule has 2 aliphatic rings. The summed E-state index contributed by atoms with van der Waals surface area (Å²) in [6, 6.07) is 23.7. The quantitative estimate of drug-likeness (QED) is 0.0984. The molecule has 0 radical (unpaired) electrons. The molecule has 1 saturated heterocycles. The average molecular weight is 696 g/mol. The van der Waals surface area contributed by atoms with Crippen LogP contribution < -0.4 is 21.1 Å². The lowest BCUT2D eigenvalue weighted by Gasteiger charge is -2.38. The van der Waals surface area contributed by atoms with Crippen molar-refractivity contribution in [3.63, 3.8) is 0 Å². The SMILES string of the molecule is O=C(CNCCN1CCC(N(C(=O)O)c2ccccc2-c2ccccc2)CC1)C1CCC(CNC[C@H](O)c2ccc(O)c3[nH]c(=O)ccc23)CC1. The first-order valence-electron chi connectivity index (χ1n) is 18.1. The number of carboxylic acid groups (broad SMARTS) is 1. The zero-order valence-electron chi connectivity index (χ0n) is 29.0. The largest absolute Gasteiger partial charge is 0.506 e. The highest BCUT2D eigenvalue weighted by atomic mass is 16.4. The highest BCUT2D eigenvalue weighted by molar-refractivity contribution is 5.93. The van der Waals surface area contributed by atoms with Crippen molar-refractivity contribution in [3.05, 3.63) is 94.8 Å². The summed E-state index contributed by atoms with van der Waals surface area (Å²) >= 11 is 0. The number of Topliss-reactive ketones (excluding diaryl/α,β-unsaturated/α-hetero) is 1. The molecule has 2 fully saturated rings. The van der Waals surface area contributed by atoms with E-state index in [1.165, 1.54) is 12.1 Å². The minimum atomic E-state index is -0.930. The van der Waals surface area contributed by atoms with Gasteiger partial charge < -0.3 is 35.8 Å². The van der Waals surface area contributed by atoms with Crippen LogP contribution in [0, 0.1) is 11.8 Å². The summed E-state index contributed by atoms with van der Waals surface area (Å²) in [6.45, 7) is 4.60. The number of rotatable bonds is 14. The molecule has 270 valence electrons. The van der Waals surface area contributed by atoms with Gasteiger partial charge in [0, 0.05) is 61.7 Å². The van der Waals surface area contributed by atoms with Crippen LogP contribution >= 0.6 is 0 Å². The second-order valence-corrected chi connectivity index (χ2v) is 13.9. The number of nitrogens with zero attached hydrogens (tertiary/aromatic N) is 2. The van der Waals surface area contributed by atoms with Crippen molar-refractivity contribution in [3.8, 4) is 16.9 Å². The summed E-state index contributed by atoms with van der Waals surface area (Å²) in [5.41, 5.74) is 3.29. The molecule has 1 aromatic heterocycles. The number of ketones is 1. The minimum Gasteiger partial charge on any atom is -0.506 e. The van der Waals surface area contributed by atoms with E-state index < -0.39 is 12.2 Å². The number of anilines is 1. The molecule has 4 aromatic rings. The van der Waals surface area contributed by atoms with Crippen molar-refractivity contribution in [2.45, 2.75) is 50.7 Å². The Balaban J connectivity index is 0.877. The standard InChI is InChI=1S/C40H49N5O6/c46-35-16-14-32(33-15-17-38(49)43-39(33)35)37(48)26-42-24-27-10-12-29(13-11-27)36(47)25-41-20-23-44-21-18-30(19-22-44)45(40(50)51)34-9-5-4-8-31(34)28-6-2-1-3-7-28/h1-9,14-17,27,29-30,37,41-42,46,48H,10-13,18-26H2,(H,43,49)(H,50,51)/t27?,29?,37-/m0/s1. The molecule has 1 saturated carbocycles. The number of aliphatic hydroxyl groups is 1. The van der Waals surface area contributed by atoms with Gasteiger partial charge in [-0.3, -0.25) is 14.5 Å². The molecule has 1 amide bonds. The number of carbonyl (C=O) groups excluding carboxylic acids is 1. The molecule has 0 unspecified atom stereocenters. The minimum absolute atomic E-state index is 0.0307. The lowest BCUT2D eigenvalue weighted by atomic mass is 9.80. The number of piperidine rings is 1. The van der Waals surface area contributed by atoms with E-state index in [1.54, 1.807) is 17.0 Å². The number of aromatic amines is 1. The van der Waals surface area contributed by atoms with Gasteiger partial charge in [-0.2, -0.15) is 0 Å². The lowest BCUT2D eigenvalue weighted by molar-refractivity contribution is -0.123. The van der Waals surface area contributed by atoms with Gasteiger partial charge in [-0.05, 0) is 80.3 Å². The molecule has 0 spiro atoms. The van der Waals surface area contributed by atoms with Crippen LogP contribution in [0.3, 0.4) is 0 Å². The number of likely N-dealkylation sites (tertiary alicyclic amines) is 1. The maximum Gasteiger partial charge on any atom is 0.412 e. The van der Waals surface area contributed by atoms with Crippen molar-refractivity contribution >= 4 is 28.5 Å².